The van der Waals surface area contributed by atoms with Crippen LogP contribution in [0.4, 0.5) is 10.1 Å². The highest BCUT2D eigenvalue weighted by Crippen LogP contribution is 2.46. The van der Waals surface area contributed by atoms with Crippen molar-refractivity contribution in [1.82, 2.24) is 4.90 Å². The van der Waals surface area contributed by atoms with Gasteiger partial charge in [0.25, 0.3) is 0 Å². The number of nitrogens with zero attached hydrogens (tertiary/aromatic N) is 2. The van der Waals surface area contributed by atoms with Crippen LogP contribution in [0.15, 0.2) is 60.7 Å². The number of rotatable bonds is 8. The number of carboxylic acid groups (broad SMARTS) is 1. The summed E-state index contributed by atoms with van der Waals surface area (Å²) in [7, 11) is 2.22. The molecule has 0 unspecified atom stereocenters. The molecule has 1 fully saturated rings. The van der Waals surface area contributed by atoms with E-state index in [1.165, 1.54) is 41.3 Å². The molecule has 1 saturated heterocycles. The van der Waals surface area contributed by atoms with E-state index in [4.69, 9.17) is 9.84 Å². The van der Waals surface area contributed by atoms with Crippen molar-refractivity contribution in [3.05, 3.63) is 94.3 Å². The number of ether oxygens (including phenoxy) is 1. The fourth-order valence-corrected chi connectivity index (χ4v) is 5.83. The van der Waals surface area contributed by atoms with Crippen molar-refractivity contribution < 1.29 is 19.0 Å². The molecule has 6 heteroatoms. The fraction of sp³-hybridized carbons (Fsp3) is 0.387. The van der Waals surface area contributed by atoms with E-state index in [0.717, 1.165) is 31.7 Å². The van der Waals surface area contributed by atoms with Crippen LogP contribution < -0.4 is 9.64 Å². The van der Waals surface area contributed by atoms with Gasteiger partial charge in [0, 0.05) is 43.7 Å². The number of halogens is 1. The smallest absolute Gasteiger partial charge is 0.303 e. The molecule has 0 radical (unpaired) electrons. The molecule has 194 valence electrons. The van der Waals surface area contributed by atoms with Gasteiger partial charge >= 0.3 is 5.97 Å². The number of likely N-dealkylation sites (N-methyl/N-ethyl adjacent to an activating group) is 1. The van der Waals surface area contributed by atoms with Gasteiger partial charge in [0.2, 0.25) is 0 Å². The summed E-state index contributed by atoms with van der Waals surface area (Å²) < 4.78 is 20.0. The average molecular weight is 503 g/mol. The van der Waals surface area contributed by atoms with Gasteiger partial charge < -0.3 is 14.7 Å². The van der Waals surface area contributed by atoms with Crippen molar-refractivity contribution in [2.45, 2.75) is 51.2 Å². The maximum Gasteiger partial charge on any atom is 0.303 e. The van der Waals surface area contributed by atoms with Gasteiger partial charge in [-0.2, -0.15) is 0 Å². The van der Waals surface area contributed by atoms with Crippen molar-refractivity contribution in [2.24, 2.45) is 0 Å². The van der Waals surface area contributed by atoms with Gasteiger partial charge in [-0.15, -0.1) is 0 Å². The Morgan fingerprint density at radius 3 is 2.46 bits per heavy atom. The third-order valence-corrected chi connectivity index (χ3v) is 7.96. The van der Waals surface area contributed by atoms with Gasteiger partial charge in [-0.3, -0.25) is 9.69 Å². The van der Waals surface area contributed by atoms with Crippen molar-refractivity contribution in [3.8, 4) is 5.75 Å². The molecule has 5 rings (SSSR count). The number of benzene rings is 3. The molecule has 3 aromatic rings. The van der Waals surface area contributed by atoms with Crippen molar-refractivity contribution in [1.29, 1.82) is 0 Å². The zero-order valence-corrected chi connectivity index (χ0v) is 21.7. The van der Waals surface area contributed by atoms with Crippen LogP contribution in [0.3, 0.4) is 0 Å². The SMILES string of the molecule is Cc1ccc2c(c1)C1(CCN(Cc3ccc(COc4ccc(CCC(=O)O)c(F)c4)cc3)CC1)CN2C. The first-order valence-corrected chi connectivity index (χ1v) is 13.1. The molecule has 1 spiro atoms. The van der Waals surface area contributed by atoms with E-state index in [0.29, 0.717) is 17.9 Å². The second-order valence-corrected chi connectivity index (χ2v) is 10.7. The maximum atomic E-state index is 14.2. The van der Waals surface area contributed by atoms with Crippen LogP contribution >= 0.6 is 0 Å². The molecule has 37 heavy (non-hydrogen) atoms. The molecule has 2 aliphatic heterocycles. The highest BCUT2D eigenvalue weighted by atomic mass is 19.1. The highest BCUT2D eigenvalue weighted by Gasteiger charge is 2.43. The number of piperidine rings is 1. The zero-order valence-electron chi connectivity index (χ0n) is 21.7. The lowest BCUT2D eigenvalue weighted by Crippen LogP contribution is -2.44. The molecule has 0 saturated carbocycles. The van der Waals surface area contributed by atoms with Gasteiger partial charge in [0.15, 0.2) is 0 Å². The normalized spacial score (nSPS) is 16.7. The Morgan fingerprint density at radius 1 is 1.03 bits per heavy atom. The minimum Gasteiger partial charge on any atom is -0.489 e. The van der Waals surface area contributed by atoms with Crippen molar-refractivity contribution >= 4 is 11.7 Å². The van der Waals surface area contributed by atoms with E-state index in [1.807, 2.05) is 0 Å². The van der Waals surface area contributed by atoms with Crippen molar-refractivity contribution in [3.63, 3.8) is 0 Å². The molecule has 0 atom stereocenters. The van der Waals surface area contributed by atoms with Crippen LogP contribution in [0.1, 0.15) is 47.1 Å². The third-order valence-electron chi connectivity index (χ3n) is 7.96. The third kappa shape index (κ3) is 5.64. The molecular weight excluding hydrogens is 467 g/mol. The minimum absolute atomic E-state index is 0.0905. The van der Waals surface area contributed by atoms with Gasteiger partial charge in [-0.05, 0) is 73.7 Å². The largest absolute Gasteiger partial charge is 0.489 e. The van der Waals surface area contributed by atoms with E-state index in [1.54, 1.807) is 12.1 Å². The summed E-state index contributed by atoms with van der Waals surface area (Å²) in [5, 5.41) is 8.78. The molecular formula is C31H35FN2O3. The zero-order chi connectivity index (χ0) is 26.0. The van der Waals surface area contributed by atoms with Gasteiger partial charge in [-0.1, -0.05) is 48.0 Å². The molecule has 0 bridgehead atoms. The van der Waals surface area contributed by atoms with Crippen LogP contribution in [-0.2, 0) is 29.8 Å². The number of hydrogen-bond acceptors (Lipinski definition) is 4. The summed E-state index contributed by atoms with van der Waals surface area (Å²) in [4.78, 5) is 15.7. The molecule has 3 aromatic carbocycles. The van der Waals surface area contributed by atoms with Crippen LogP contribution in [0.25, 0.3) is 0 Å². The number of aryl methyl sites for hydroxylation is 2. The fourth-order valence-electron chi connectivity index (χ4n) is 5.83. The standard InChI is InChI=1S/C31H35FN2O3/c1-22-3-11-29-27(17-22)31(21-33(29)2)13-15-34(16-14-31)19-23-4-6-24(7-5-23)20-37-26-10-8-25(28(32)18-26)9-12-30(35)36/h3-8,10-11,17-18H,9,12-16,19-21H2,1-2H3,(H,35,36). The van der Waals surface area contributed by atoms with E-state index >= 15 is 0 Å². The molecule has 2 heterocycles. The van der Waals surface area contributed by atoms with Crippen LogP contribution in [-0.4, -0.2) is 42.7 Å². The first kappa shape index (κ1) is 25.3. The second kappa shape index (κ2) is 10.5. The number of carbonyl (C=O) groups is 1. The van der Waals surface area contributed by atoms with Crippen LogP contribution in [0.5, 0.6) is 5.75 Å². The molecule has 2 aliphatic rings. The quantitative estimate of drug-likeness (QED) is 0.427. The average Bonchev–Trinajstić information content (AvgIpc) is 3.14. The first-order chi connectivity index (χ1) is 17.8. The number of anilines is 1. The highest BCUT2D eigenvalue weighted by molar-refractivity contribution is 5.67. The topological polar surface area (TPSA) is 53.0 Å². The molecule has 0 aromatic heterocycles. The number of likely N-dealkylation sites (tertiary alicyclic amines) is 1. The summed E-state index contributed by atoms with van der Waals surface area (Å²) in [6.45, 7) is 6.79. The maximum absolute atomic E-state index is 14.2. The summed E-state index contributed by atoms with van der Waals surface area (Å²) in [5.74, 6) is -0.924. The first-order valence-electron chi connectivity index (χ1n) is 13.1. The van der Waals surface area contributed by atoms with E-state index in [9.17, 15) is 9.18 Å². The Bertz CT molecular complexity index is 1270. The monoisotopic (exact) mass is 502 g/mol. The van der Waals surface area contributed by atoms with Gasteiger partial charge in [0.1, 0.15) is 18.2 Å². The van der Waals surface area contributed by atoms with Gasteiger partial charge in [0.05, 0.1) is 0 Å². The Labute approximate surface area is 218 Å². The van der Waals surface area contributed by atoms with Crippen molar-refractivity contribution in [2.75, 3.05) is 31.6 Å². The summed E-state index contributed by atoms with van der Waals surface area (Å²) in [6.07, 6.45) is 2.45. The Balaban J connectivity index is 1.13. The number of fused-ring (bicyclic) bond motifs is 2. The van der Waals surface area contributed by atoms with E-state index in [2.05, 4.69) is 66.2 Å². The van der Waals surface area contributed by atoms with E-state index in [-0.39, 0.29) is 18.3 Å². The molecule has 5 nitrogen and oxygen atoms in total. The number of aliphatic carboxylic acids is 1. The Kier molecular flexibility index (Phi) is 7.20. The lowest BCUT2D eigenvalue weighted by atomic mass is 9.74. The predicted octanol–water partition coefficient (Wildman–Crippen LogP) is 5.71. The number of hydrogen-bond donors (Lipinski definition) is 1. The second-order valence-electron chi connectivity index (χ2n) is 10.7. The van der Waals surface area contributed by atoms with E-state index < -0.39 is 11.8 Å². The minimum atomic E-state index is -0.935. The molecule has 1 N–H and O–H groups in total. The predicted molar refractivity (Wildman–Crippen MR) is 144 cm³/mol. The summed E-state index contributed by atoms with van der Waals surface area (Å²) in [5.41, 5.74) is 7.26. The summed E-state index contributed by atoms with van der Waals surface area (Å²) >= 11 is 0. The van der Waals surface area contributed by atoms with Crippen LogP contribution in [0, 0.1) is 12.7 Å². The van der Waals surface area contributed by atoms with Crippen LogP contribution in [0.2, 0.25) is 0 Å². The summed E-state index contributed by atoms with van der Waals surface area (Å²) in [6, 6.07) is 20.0. The lowest BCUT2D eigenvalue weighted by molar-refractivity contribution is -0.136. The van der Waals surface area contributed by atoms with Gasteiger partial charge in [-0.25, -0.2) is 4.39 Å². The lowest BCUT2D eigenvalue weighted by Gasteiger charge is -2.40. The Hall–Kier alpha value is -3.38. The Morgan fingerprint density at radius 2 is 1.76 bits per heavy atom. The molecule has 0 amide bonds. The number of carboxylic acids is 1. The molecule has 0 aliphatic carbocycles.